The third-order valence-electron chi connectivity index (χ3n) is 3.41. The van der Waals surface area contributed by atoms with E-state index in [1.54, 1.807) is 48.5 Å². The summed E-state index contributed by atoms with van der Waals surface area (Å²) in [5.41, 5.74) is 1.15. The monoisotopic (exact) mass is 334 g/mol. The van der Waals surface area contributed by atoms with Gasteiger partial charge in [-0.2, -0.15) is 0 Å². The number of nitrogens with zero attached hydrogens (tertiary/aromatic N) is 1. The van der Waals surface area contributed by atoms with E-state index in [2.05, 4.69) is 5.32 Å². The molecule has 0 saturated carbocycles. The van der Waals surface area contributed by atoms with Crippen LogP contribution in [0.25, 0.3) is 0 Å². The maximum absolute atomic E-state index is 12.2. The highest BCUT2D eigenvalue weighted by Gasteiger charge is 2.07. The molecular weight excluding hydrogens is 320 g/mol. The lowest BCUT2D eigenvalue weighted by atomic mass is 10.2. The smallest absolute Gasteiger partial charge is 0.269 e. The first-order valence-corrected chi connectivity index (χ1v) is 7.50. The van der Waals surface area contributed by atoms with Gasteiger partial charge < -0.3 is 10.1 Å². The molecule has 1 N–H and O–H groups in total. The average Bonchev–Trinajstić information content (AvgIpc) is 2.63. The van der Waals surface area contributed by atoms with Crippen LogP contribution in [0.2, 0.25) is 0 Å². The normalized spacial score (nSPS) is 10.1. The molecule has 0 aliphatic carbocycles. The lowest BCUT2D eigenvalue weighted by molar-refractivity contribution is -0.384. The number of carbonyl (C=O) groups is 1. The highest BCUT2D eigenvalue weighted by molar-refractivity contribution is 6.04. The molecule has 3 aromatic carbocycles. The zero-order valence-electron chi connectivity index (χ0n) is 13.1. The molecule has 0 unspecified atom stereocenters. The van der Waals surface area contributed by atoms with Crippen molar-refractivity contribution in [3.8, 4) is 11.5 Å². The van der Waals surface area contributed by atoms with Crippen molar-refractivity contribution in [1.82, 2.24) is 0 Å². The van der Waals surface area contributed by atoms with Crippen LogP contribution in [0, 0.1) is 10.1 Å². The van der Waals surface area contributed by atoms with Crippen molar-refractivity contribution in [2.24, 2.45) is 0 Å². The van der Waals surface area contributed by atoms with Crippen molar-refractivity contribution < 1.29 is 14.5 Å². The summed E-state index contributed by atoms with van der Waals surface area (Å²) in [6.45, 7) is 0. The standard InChI is InChI=1S/C19H14N2O4/c22-19(14-5-2-1-3-6-14)20-15-7-4-8-18(13-15)25-17-11-9-16(10-12-17)21(23)24/h1-13H,(H,20,22). The van der Waals surface area contributed by atoms with Crippen LogP contribution in [0.1, 0.15) is 10.4 Å². The highest BCUT2D eigenvalue weighted by atomic mass is 16.6. The molecule has 0 radical (unpaired) electrons. The first-order valence-electron chi connectivity index (χ1n) is 7.50. The molecule has 3 aromatic rings. The molecule has 3 rings (SSSR count). The van der Waals surface area contributed by atoms with Crippen LogP contribution in [-0.4, -0.2) is 10.8 Å². The van der Waals surface area contributed by atoms with Gasteiger partial charge in [-0.05, 0) is 36.4 Å². The van der Waals surface area contributed by atoms with Gasteiger partial charge in [-0.3, -0.25) is 14.9 Å². The van der Waals surface area contributed by atoms with Crippen LogP contribution in [0.3, 0.4) is 0 Å². The Morgan fingerprint density at radius 1 is 0.880 bits per heavy atom. The van der Waals surface area contributed by atoms with Gasteiger partial charge in [0.05, 0.1) is 4.92 Å². The summed E-state index contributed by atoms with van der Waals surface area (Å²) in [7, 11) is 0. The van der Waals surface area contributed by atoms with Crippen molar-refractivity contribution in [1.29, 1.82) is 0 Å². The van der Waals surface area contributed by atoms with Crippen molar-refractivity contribution >= 4 is 17.3 Å². The Hall–Kier alpha value is -3.67. The number of nitro groups is 1. The Balaban J connectivity index is 1.71. The second kappa shape index (κ2) is 7.27. The molecule has 0 heterocycles. The largest absolute Gasteiger partial charge is 0.457 e. The zero-order chi connectivity index (χ0) is 17.6. The van der Waals surface area contributed by atoms with Gasteiger partial charge in [0, 0.05) is 29.4 Å². The summed E-state index contributed by atoms with van der Waals surface area (Å²) in [6, 6.07) is 21.6. The SMILES string of the molecule is O=C(Nc1cccc(Oc2ccc([N+](=O)[O-])cc2)c1)c1ccccc1. The third-order valence-corrected chi connectivity index (χ3v) is 3.41. The number of benzene rings is 3. The van der Waals surface area contributed by atoms with Gasteiger partial charge in [-0.15, -0.1) is 0 Å². The van der Waals surface area contributed by atoms with Gasteiger partial charge in [0.15, 0.2) is 0 Å². The van der Waals surface area contributed by atoms with E-state index in [0.717, 1.165) is 0 Å². The zero-order valence-corrected chi connectivity index (χ0v) is 13.1. The van der Waals surface area contributed by atoms with Crippen molar-refractivity contribution in [3.05, 3.63) is 94.5 Å². The summed E-state index contributed by atoms with van der Waals surface area (Å²) in [5, 5.41) is 13.5. The number of amides is 1. The fourth-order valence-electron chi connectivity index (χ4n) is 2.20. The van der Waals surface area contributed by atoms with E-state index in [0.29, 0.717) is 22.7 Å². The van der Waals surface area contributed by atoms with Gasteiger partial charge in [-0.1, -0.05) is 24.3 Å². The summed E-state index contributed by atoms with van der Waals surface area (Å²) in [6.07, 6.45) is 0. The lowest BCUT2D eigenvalue weighted by Gasteiger charge is -2.09. The second-order valence-electron chi connectivity index (χ2n) is 5.20. The minimum Gasteiger partial charge on any atom is -0.457 e. The van der Waals surface area contributed by atoms with Gasteiger partial charge >= 0.3 is 0 Å². The van der Waals surface area contributed by atoms with Crippen LogP contribution >= 0.6 is 0 Å². The molecule has 124 valence electrons. The summed E-state index contributed by atoms with van der Waals surface area (Å²) >= 11 is 0. The van der Waals surface area contributed by atoms with E-state index in [-0.39, 0.29) is 11.6 Å². The Morgan fingerprint density at radius 3 is 2.28 bits per heavy atom. The Morgan fingerprint density at radius 2 is 1.60 bits per heavy atom. The summed E-state index contributed by atoms with van der Waals surface area (Å²) < 4.78 is 5.67. The van der Waals surface area contributed by atoms with E-state index in [1.165, 1.54) is 24.3 Å². The first-order chi connectivity index (χ1) is 12.1. The lowest BCUT2D eigenvalue weighted by Crippen LogP contribution is -2.11. The van der Waals surface area contributed by atoms with Crippen LogP contribution in [-0.2, 0) is 0 Å². The molecular formula is C19H14N2O4. The number of nitrogens with one attached hydrogen (secondary N) is 1. The van der Waals surface area contributed by atoms with Gasteiger partial charge in [-0.25, -0.2) is 0 Å². The van der Waals surface area contributed by atoms with Crippen molar-refractivity contribution in [2.45, 2.75) is 0 Å². The molecule has 0 aliphatic heterocycles. The number of anilines is 1. The number of non-ortho nitro benzene ring substituents is 1. The van der Waals surface area contributed by atoms with E-state index in [4.69, 9.17) is 4.74 Å². The maximum atomic E-state index is 12.2. The molecule has 0 fully saturated rings. The number of hydrogen-bond donors (Lipinski definition) is 1. The second-order valence-corrected chi connectivity index (χ2v) is 5.20. The van der Waals surface area contributed by atoms with Crippen molar-refractivity contribution in [2.75, 3.05) is 5.32 Å². The Labute approximate surface area is 143 Å². The number of ether oxygens (including phenoxy) is 1. The fourth-order valence-corrected chi connectivity index (χ4v) is 2.20. The first kappa shape index (κ1) is 16.2. The van der Waals surface area contributed by atoms with E-state index >= 15 is 0 Å². The number of nitro benzene ring substituents is 1. The fraction of sp³-hybridized carbons (Fsp3) is 0. The highest BCUT2D eigenvalue weighted by Crippen LogP contribution is 2.26. The Kier molecular flexibility index (Phi) is 4.71. The molecule has 0 saturated heterocycles. The number of carbonyl (C=O) groups excluding carboxylic acids is 1. The minimum atomic E-state index is -0.469. The Bertz CT molecular complexity index is 893. The molecule has 6 nitrogen and oxygen atoms in total. The van der Waals surface area contributed by atoms with Crippen LogP contribution in [0.5, 0.6) is 11.5 Å². The summed E-state index contributed by atoms with van der Waals surface area (Å²) in [5.74, 6) is 0.768. The van der Waals surface area contributed by atoms with Crippen LogP contribution in [0.4, 0.5) is 11.4 Å². The number of hydrogen-bond acceptors (Lipinski definition) is 4. The predicted molar refractivity (Wildman–Crippen MR) is 94.0 cm³/mol. The maximum Gasteiger partial charge on any atom is 0.269 e. The van der Waals surface area contributed by atoms with E-state index in [9.17, 15) is 14.9 Å². The number of rotatable bonds is 5. The minimum absolute atomic E-state index is 0.00350. The van der Waals surface area contributed by atoms with Gasteiger partial charge in [0.1, 0.15) is 11.5 Å². The van der Waals surface area contributed by atoms with Crippen molar-refractivity contribution in [3.63, 3.8) is 0 Å². The van der Waals surface area contributed by atoms with E-state index in [1.807, 2.05) is 6.07 Å². The molecule has 0 atom stereocenters. The molecule has 0 bridgehead atoms. The summed E-state index contributed by atoms with van der Waals surface area (Å²) in [4.78, 5) is 22.4. The molecule has 0 aromatic heterocycles. The quantitative estimate of drug-likeness (QED) is 0.544. The molecule has 6 heteroatoms. The van der Waals surface area contributed by atoms with Crippen LogP contribution in [0.15, 0.2) is 78.9 Å². The topological polar surface area (TPSA) is 81.5 Å². The van der Waals surface area contributed by atoms with Gasteiger partial charge in [0.2, 0.25) is 0 Å². The molecule has 0 aliphatic rings. The predicted octanol–water partition coefficient (Wildman–Crippen LogP) is 4.64. The van der Waals surface area contributed by atoms with Crippen LogP contribution < -0.4 is 10.1 Å². The molecule has 0 spiro atoms. The van der Waals surface area contributed by atoms with Gasteiger partial charge in [0.25, 0.3) is 11.6 Å². The molecule has 1 amide bonds. The average molecular weight is 334 g/mol. The van der Waals surface area contributed by atoms with E-state index < -0.39 is 4.92 Å². The third kappa shape index (κ3) is 4.20. The molecule has 25 heavy (non-hydrogen) atoms.